The van der Waals surface area contributed by atoms with E-state index >= 15 is 0 Å². The second-order valence-electron chi connectivity index (χ2n) is 5.41. The summed E-state index contributed by atoms with van der Waals surface area (Å²) >= 11 is 0. The summed E-state index contributed by atoms with van der Waals surface area (Å²) < 4.78 is 40.5. The highest BCUT2D eigenvalue weighted by molar-refractivity contribution is 5.82. The Balaban J connectivity index is 2.48. The summed E-state index contributed by atoms with van der Waals surface area (Å²) in [6.45, 7) is 3.90. The van der Waals surface area contributed by atoms with E-state index in [1.165, 1.54) is 13.2 Å². The molecule has 0 aromatic carbocycles. The Hall–Kier alpha value is -2.03. The van der Waals surface area contributed by atoms with E-state index in [-0.39, 0.29) is 11.7 Å². The van der Waals surface area contributed by atoms with Crippen LogP contribution in [0.15, 0.2) is 22.6 Å². The van der Waals surface area contributed by atoms with E-state index in [2.05, 4.69) is 20.7 Å². The Morgan fingerprint density at radius 2 is 2.05 bits per heavy atom. The number of nitrogens with zero attached hydrogens (tertiary/aromatic N) is 3. The molecule has 1 aliphatic heterocycles. The van der Waals surface area contributed by atoms with Gasteiger partial charge in [-0.3, -0.25) is 10.4 Å². The maximum absolute atomic E-state index is 13.0. The number of nitrogens with two attached hydrogens (primary N) is 1. The van der Waals surface area contributed by atoms with Crippen molar-refractivity contribution < 1.29 is 13.2 Å². The quantitative estimate of drug-likeness (QED) is 0.785. The first kappa shape index (κ1) is 16.3. The summed E-state index contributed by atoms with van der Waals surface area (Å²) in [7, 11) is 3.14. The first-order valence-corrected chi connectivity index (χ1v) is 6.74. The van der Waals surface area contributed by atoms with Crippen LogP contribution in [0.1, 0.15) is 31.0 Å². The molecule has 6 nitrogen and oxygen atoms in total. The number of nitrogens with one attached hydrogen (secondary N) is 2. The van der Waals surface area contributed by atoms with Gasteiger partial charge in [-0.25, -0.2) is 4.99 Å². The van der Waals surface area contributed by atoms with Crippen molar-refractivity contribution in [2.75, 3.05) is 7.05 Å². The molecule has 0 saturated carbocycles. The third kappa shape index (κ3) is 2.68. The molecule has 2 rings (SSSR count). The maximum Gasteiger partial charge on any atom is 0.421 e. The van der Waals surface area contributed by atoms with Crippen molar-refractivity contribution in [1.29, 1.82) is 0 Å². The molecule has 0 saturated heterocycles. The lowest BCUT2D eigenvalue weighted by Crippen LogP contribution is -2.54. The van der Waals surface area contributed by atoms with Crippen molar-refractivity contribution in [3.05, 3.63) is 28.8 Å². The van der Waals surface area contributed by atoms with E-state index in [1.807, 2.05) is 13.8 Å². The Morgan fingerprint density at radius 3 is 2.55 bits per heavy atom. The molecular formula is C13H19F3N6. The Kier molecular flexibility index (Phi) is 3.94. The Bertz CT molecular complexity index is 628. The minimum Gasteiger partial charge on any atom is -0.374 e. The first-order valence-electron chi connectivity index (χ1n) is 6.74. The van der Waals surface area contributed by atoms with Gasteiger partial charge in [0.05, 0.1) is 11.8 Å². The van der Waals surface area contributed by atoms with Crippen LogP contribution in [0.3, 0.4) is 0 Å². The summed E-state index contributed by atoms with van der Waals surface area (Å²) in [4.78, 5) is 3.90. The van der Waals surface area contributed by atoms with E-state index in [0.29, 0.717) is 5.56 Å². The molecule has 0 amide bonds. The molecule has 4 N–H and O–H groups in total. The van der Waals surface area contributed by atoms with Crippen LogP contribution in [-0.4, -0.2) is 29.2 Å². The van der Waals surface area contributed by atoms with E-state index < -0.39 is 17.5 Å². The average molecular weight is 316 g/mol. The van der Waals surface area contributed by atoms with Crippen LogP contribution in [0.4, 0.5) is 13.2 Å². The lowest BCUT2D eigenvalue weighted by molar-refractivity contribution is -0.0875. The lowest BCUT2D eigenvalue weighted by Gasteiger charge is -2.33. The number of aryl methyl sites for hydroxylation is 1. The molecule has 122 valence electrons. The van der Waals surface area contributed by atoms with Crippen molar-refractivity contribution in [2.24, 2.45) is 17.8 Å². The zero-order valence-corrected chi connectivity index (χ0v) is 12.8. The molecule has 0 aliphatic carbocycles. The molecule has 0 fully saturated rings. The van der Waals surface area contributed by atoms with Gasteiger partial charge in [-0.05, 0) is 5.92 Å². The normalized spacial score (nSPS) is 22.2. The van der Waals surface area contributed by atoms with E-state index in [0.717, 1.165) is 11.9 Å². The van der Waals surface area contributed by atoms with E-state index in [4.69, 9.17) is 5.73 Å². The van der Waals surface area contributed by atoms with Gasteiger partial charge in [-0.15, -0.1) is 0 Å². The average Bonchev–Trinajstić information content (AvgIpc) is 2.80. The fraction of sp³-hybridized carbons (Fsp3) is 0.538. The largest absolute Gasteiger partial charge is 0.421 e. The van der Waals surface area contributed by atoms with E-state index in [1.54, 1.807) is 11.7 Å². The van der Waals surface area contributed by atoms with Crippen LogP contribution in [0.2, 0.25) is 0 Å². The van der Waals surface area contributed by atoms with Crippen molar-refractivity contribution in [1.82, 2.24) is 20.4 Å². The molecular weight excluding hydrogens is 297 g/mol. The molecule has 1 aliphatic rings. The first-order chi connectivity index (χ1) is 10.1. The topological polar surface area (TPSA) is 80.3 Å². The fourth-order valence-electron chi connectivity index (χ4n) is 2.50. The molecule has 0 bridgehead atoms. The summed E-state index contributed by atoms with van der Waals surface area (Å²) in [5.41, 5.74) is 6.64. The van der Waals surface area contributed by atoms with Crippen LogP contribution in [0.25, 0.3) is 0 Å². The highest BCUT2D eigenvalue weighted by atomic mass is 19.4. The molecule has 22 heavy (non-hydrogen) atoms. The number of rotatable bonds is 3. The predicted molar refractivity (Wildman–Crippen MR) is 76.9 cm³/mol. The molecule has 1 aromatic heterocycles. The molecule has 1 aromatic rings. The number of allylic oxidation sites excluding steroid dienone is 1. The van der Waals surface area contributed by atoms with Crippen molar-refractivity contribution in [3.63, 3.8) is 0 Å². The number of hydrogen-bond donors (Lipinski definition) is 3. The summed E-state index contributed by atoms with van der Waals surface area (Å²) in [6.07, 6.45) is -2.25. The maximum atomic E-state index is 13.0. The number of aliphatic imine (C=N–C) groups is 1. The van der Waals surface area contributed by atoms with Crippen LogP contribution < -0.4 is 16.4 Å². The van der Waals surface area contributed by atoms with Gasteiger partial charge >= 0.3 is 6.18 Å². The number of alkyl halides is 3. The third-order valence-electron chi connectivity index (χ3n) is 3.48. The molecule has 1 atom stereocenters. The molecule has 0 radical (unpaired) electrons. The van der Waals surface area contributed by atoms with Crippen LogP contribution in [0.5, 0.6) is 0 Å². The van der Waals surface area contributed by atoms with Gasteiger partial charge in [0, 0.05) is 26.0 Å². The summed E-state index contributed by atoms with van der Waals surface area (Å²) in [5, 5.41) is 9.27. The van der Waals surface area contributed by atoms with Crippen molar-refractivity contribution in [2.45, 2.75) is 31.7 Å². The zero-order chi connectivity index (χ0) is 16.7. The van der Waals surface area contributed by atoms with Crippen LogP contribution in [0, 0.1) is 0 Å². The highest BCUT2D eigenvalue weighted by Gasteiger charge is 2.42. The van der Waals surface area contributed by atoms with Gasteiger partial charge < -0.3 is 10.6 Å². The smallest absolute Gasteiger partial charge is 0.374 e. The second-order valence-corrected chi connectivity index (χ2v) is 5.41. The monoisotopic (exact) mass is 316 g/mol. The fourth-order valence-corrected chi connectivity index (χ4v) is 2.50. The molecule has 0 spiro atoms. The van der Waals surface area contributed by atoms with Gasteiger partial charge in [0.15, 0.2) is 0 Å². The standard InChI is InChI=1S/C13H19F3N6/c1-7(2)10-8(6-20-22(10)4)13(17)19-5-9(12(14,15)16)11(18-3)21-13/h5-7,18,21H,17H2,1-4H3. The summed E-state index contributed by atoms with van der Waals surface area (Å²) in [6, 6.07) is 0. The Morgan fingerprint density at radius 1 is 1.41 bits per heavy atom. The SMILES string of the molecule is CNC1=C(C(F)(F)F)C=NC(N)(c2cnn(C)c2C(C)C)N1. The number of halogens is 3. The van der Waals surface area contributed by atoms with Gasteiger partial charge in [-0.1, -0.05) is 13.8 Å². The summed E-state index contributed by atoms with van der Waals surface area (Å²) in [5.74, 6) is -1.63. The van der Waals surface area contributed by atoms with Gasteiger partial charge in [0.25, 0.3) is 0 Å². The second kappa shape index (κ2) is 5.31. The third-order valence-corrected chi connectivity index (χ3v) is 3.48. The highest BCUT2D eigenvalue weighted by Crippen LogP contribution is 2.33. The zero-order valence-electron chi connectivity index (χ0n) is 12.8. The van der Waals surface area contributed by atoms with Crippen molar-refractivity contribution >= 4 is 6.21 Å². The molecule has 1 unspecified atom stereocenters. The van der Waals surface area contributed by atoms with Gasteiger partial charge in [0.1, 0.15) is 11.4 Å². The predicted octanol–water partition coefficient (Wildman–Crippen LogP) is 1.28. The molecule has 2 heterocycles. The van der Waals surface area contributed by atoms with Crippen LogP contribution in [-0.2, 0) is 12.8 Å². The Labute approximate surface area is 126 Å². The number of aromatic nitrogens is 2. The van der Waals surface area contributed by atoms with Crippen LogP contribution >= 0.6 is 0 Å². The minimum absolute atomic E-state index is 0.0888. The van der Waals surface area contributed by atoms with Crippen molar-refractivity contribution in [3.8, 4) is 0 Å². The number of hydrogen-bond acceptors (Lipinski definition) is 5. The van der Waals surface area contributed by atoms with Gasteiger partial charge in [-0.2, -0.15) is 18.3 Å². The van der Waals surface area contributed by atoms with Gasteiger partial charge in [0.2, 0.25) is 5.79 Å². The van der Waals surface area contributed by atoms with E-state index in [9.17, 15) is 13.2 Å². The minimum atomic E-state index is -4.52. The lowest BCUT2D eigenvalue weighted by atomic mass is 10.00. The molecule has 9 heteroatoms.